The van der Waals surface area contributed by atoms with E-state index in [2.05, 4.69) is 12.2 Å². The number of hydrogen-bond donors (Lipinski definition) is 1. The van der Waals surface area contributed by atoms with Crippen molar-refractivity contribution < 1.29 is 14.0 Å². The van der Waals surface area contributed by atoms with Crippen LogP contribution in [0.3, 0.4) is 0 Å². The standard InChI is InChI=1S/C18H21N3O4/c1-12-7-9-21(14(11-12)15-6-4-10-25-15)18(24)16(22)19-13-5-3-8-20(2)17(13)23/h3-6,8,10,12,14H,7,9,11H2,1-2H3,(H,19,22)/t12-,14+/m0/s1. The van der Waals surface area contributed by atoms with Gasteiger partial charge >= 0.3 is 11.8 Å². The molecular formula is C18H21N3O4. The number of anilines is 1. The van der Waals surface area contributed by atoms with Crippen molar-refractivity contribution in [3.8, 4) is 0 Å². The molecule has 2 aromatic heterocycles. The van der Waals surface area contributed by atoms with Crippen molar-refractivity contribution in [3.63, 3.8) is 0 Å². The second kappa shape index (κ2) is 6.96. The summed E-state index contributed by atoms with van der Waals surface area (Å²) in [6.07, 6.45) is 4.70. The molecule has 3 heterocycles. The lowest BCUT2D eigenvalue weighted by atomic mass is 9.91. The minimum atomic E-state index is -0.811. The Morgan fingerprint density at radius 1 is 1.28 bits per heavy atom. The van der Waals surface area contributed by atoms with Gasteiger partial charge in [-0.15, -0.1) is 0 Å². The molecule has 2 aromatic rings. The van der Waals surface area contributed by atoms with Gasteiger partial charge in [0.25, 0.3) is 5.56 Å². The summed E-state index contributed by atoms with van der Waals surface area (Å²) in [7, 11) is 1.58. The zero-order valence-electron chi connectivity index (χ0n) is 14.3. The maximum absolute atomic E-state index is 12.7. The van der Waals surface area contributed by atoms with Gasteiger partial charge in [0, 0.05) is 19.8 Å². The second-order valence-electron chi connectivity index (χ2n) is 6.45. The number of aryl methyl sites for hydroxylation is 1. The van der Waals surface area contributed by atoms with Crippen LogP contribution in [0.1, 0.15) is 31.6 Å². The molecule has 3 rings (SSSR count). The fraction of sp³-hybridized carbons (Fsp3) is 0.389. The first-order valence-corrected chi connectivity index (χ1v) is 8.28. The van der Waals surface area contributed by atoms with Crippen molar-refractivity contribution in [3.05, 3.63) is 52.8 Å². The van der Waals surface area contributed by atoms with Gasteiger partial charge in [-0.1, -0.05) is 6.92 Å². The molecule has 7 nitrogen and oxygen atoms in total. The molecule has 1 N–H and O–H groups in total. The van der Waals surface area contributed by atoms with Crippen LogP contribution in [0.5, 0.6) is 0 Å². The number of carbonyl (C=O) groups excluding carboxylic acids is 2. The Hall–Kier alpha value is -2.83. The van der Waals surface area contributed by atoms with Gasteiger partial charge in [-0.05, 0) is 43.0 Å². The third kappa shape index (κ3) is 3.50. The molecule has 1 aliphatic heterocycles. The number of rotatable bonds is 2. The lowest BCUT2D eigenvalue weighted by molar-refractivity contribution is -0.146. The summed E-state index contributed by atoms with van der Waals surface area (Å²) in [5, 5.41) is 2.43. The molecule has 132 valence electrons. The number of hydrogen-bond acceptors (Lipinski definition) is 4. The van der Waals surface area contributed by atoms with E-state index in [0.717, 1.165) is 12.8 Å². The summed E-state index contributed by atoms with van der Waals surface area (Å²) < 4.78 is 6.80. The predicted octanol–water partition coefficient (Wildman–Crippen LogP) is 1.92. The molecule has 2 atom stereocenters. The summed E-state index contributed by atoms with van der Waals surface area (Å²) in [5.74, 6) is -0.361. The third-order valence-corrected chi connectivity index (χ3v) is 4.56. The van der Waals surface area contributed by atoms with E-state index < -0.39 is 11.8 Å². The number of likely N-dealkylation sites (tertiary alicyclic amines) is 1. The van der Waals surface area contributed by atoms with Crippen LogP contribution in [-0.4, -0.2) is 27.8 Å². The fourth-order valence-electron chi connectivity index (χ4n) is 3.13. The van der Waals surface area contributed by atoms with E-state index in [4.69, 9.17) is 4.42 Å². The monoisotopic (exact) mass is 343 g/mol. The molecule has 0 aromatic carbocycles. The Kier molecular flexibility index (Phi) is 4.74. The highest BCUT2D eigenvalue weighted by molar-refractivity contribution is 6.39. The Labute approximate surface area is 145 Å². The highest BCUT2D eigenvalue weighted by Gasteiger charge is 2.35. The number of furan rings is 1. The predicted molar refractivity (Wildman–Crippen MR) is 91.9 cm³/mol. The van der Waals surface area contributed by atoms with Crippen LogP contribution < -0.4 is 10.9 Å². The van der Waals surface area contributed by atoms with E-state index in [9.17, 15) is 14.4 Å². The van der Waals surface area contributed by atoms with Crippen LogP contribution in [0.15, 0.2) is 45.9 Å². The summed E-state index contributed by atoms with van der Waals surface area (Å²) in [6, 6.07) is 6.43. The number of piperidine rings is 1. The lowest BCUT2D eigenvalue weighted by Gasteiger charge is -2.36. The molecule has 0 radical (unpaired) electrons. The van der Waals surface area contributed by atoms with Crippen molar-refractivity contribution >= 4 is 17.5 Å². The normalized spacial score (nSPS) is 20.3. The summed E-state index contributed by atoms with van der Waals surface area (Å²) in [5.41, 5.74) is -0.276. The summed E-state index contributed by atoms with van der Waals surface area (Å²) in [6.45, 7) is 2.59. The third-order valence-electron chi connectivity index (χ3n) is 4.56. The van der Waals surface area contributed by atoms with Gasteiger partial charge in [-0.2, -0.15) is 0 Å². The number of amides is 2. The van der Waals surface area contributed by atoms with E-state index in [1.54, 1.807) is 31.6 Å². The molecule has 1 fully saturated rings. The van der Waals surface area contributed by atoms with Crippen LogP contribution in [0.4, 0.5) is 5.69 Å². The quantitative estimate of drug-likeness (QED) is 0.844. The average molecular weight is 343 g/mol. The zero-order chi connectivity index (χ0) is 18.0. The van der Waals surface area contributed by atoms with Crippen molar-refractivity contribution in [2.24, 2.45) is 13.0 Å². The Bertz CT molecular complexity index is 825. The van der Waals surface area contributed by atoms with Crippen LogP contribution in [0.25, 0.3) is 0 Å². The molecular weight excluding hydrogens is 322 g/mol. The van der Waals surface area contributed by atoms with E-state index in [-0.39, 0.29) is 17.3 Å². The first-order chi connectivity index (χ1) is 12.0. The SMILES string of the molecule is C[C@H]1CCN(C(=O)C(=O)Nc2cccn(C)c2=O)[C@@H](c2ccco2)C1. The molecule has 25 heavy (non-hydrogen) atoms. The minimum absolute atomic E-state index is 0.0864. The number of aromatic nitrogens is 1. The largest absolute Gasteiger partial charge is 0.467 e. The zero-order valence-corrected chi connectivity index (χ0v) is 14.3. The van der Waals surface area contributed by atoms with Gasteiger partial charge in [0.15, 0.2) is 0 Å². The highest BCUT2D eigenvalue weighted by atomic mass is 16.3. The smallest absolute Gasteiger partial charge is 0.314 e. The molecule has 0 unspecified atom stereocenters. The Morgan fingerprint density at radius 3 is 2.80 bits per heavy atom. The van der Waals surface area contributed by atoms with Crippen LogP contribution in [0, 0.1) is 5.92 Å². The van der Waals surface area contributed by atoms with Gasteiger partial charge in [0.05, 0.1) is 12.3 Å². The number of nitrogens with one attached hydrogen (secondary N) is 1. The maximum Gasteiger partial charge on any atom is 0.314 e. The van der Waals surface area contributed by atoms with Gasteiger partial charge in [0.1, 0.15) is 11.4 Å². The van der Waals surface area contributed by atoms with Crippen molar-refractivity contribution in [1.82, 2.24) is 9.47 Å². The van der Waals surface area contributed by atoms with Gasteiger partial charge in [0.2, 0.25) is 0 Å². The molecule has 0 bridgehead atoms. The highest BCUT2D eigenvalue weighted by Crippen LogP contribution is 2.34. The van der Waals surface area contributed by atoms with Gasteiger partial charge < -0.3 is 19.2 Å². The lowest BCUT2D eigenvalue weighted by Crippen LogP contribution is -2.46. The minimum Gasteiger partial charge on any atom is -0.467 e. The molecule has 0 spiro atoms. The van der Waals surface area contributed by atoms with Gasteiger partial charge in [-0.3, -0.25) is 14.4 Å². The second-order valence-corrected chi connectivity index (χ2v) is 6.45. The molecule has 0 aliphatic carbocycles. The summed E-state index contributed by atoms with van der Waals surface area (Å²) >= 11 is 0. The van der Waals surface area contributed by atoms with E-state index >= 15 is 0 Å². The number of nitrogens with zero attached hydrogens (tertiary/aromatic N) is 2. The fourth-order valence-corrected chi connectivity index (χ4v) is 3.13. The van der Waals surface area contributed by atoms with Crippen LogP contribution >= 0.6 is 0 Å². The molecule has 2 amide bonds. The van der Waals surface area contributed by atoms with Crippen LogP contribution in [0.2, 0.25) is 0 Å². The van der Waals surface area contributed by atoms with E-state index in [1.807, 2.05) is 6.07 Å². The van der Waals surface area contributed by atoms with Crippen LogP contribution in [-0.2, 0) is 16.6 Å². The van der Waals surface area contributed by atoms with E-state index in [1.165, 1.54) is 15.5 Å². The number of pyridine rings is 1. The molecule has 1 aliphatic rings. The van der Waals surface area contributed by atoms with Crippen molar-refractivity contribution in [2.45, 2.75) is 25.8 Å². The topological polar surface area (TPSA) is 84.5 Å². The van der Waals surface area contributed by atoms with Crippen molar-refractivity contribution in [1.29, 1.82) is 0 Å². The molecule has 1 saturated heterocycles. The van der Waals surface area contributed by atoms with E-state index in [0.29, 0.717) is 18.2 Å². The first-order valence-electron chi connectivity index (χ1n) is 8.28. The number of carbonyl (C=O) groups is 2. The average Bonchev–Trinajstić information content (AvgIpc) is 3.12. The summed E-state index contributed by atoms with van der Waals surface area (Å²) in [4.78, 5) is 38.6. The Morgan fingerprint density at radius 2 is 2.08 bits per heavy atom. The maximum atomic E-state index is 12.7. The molecule has 7 heteroatoms. The van der Waals surface area contributed by atoms with Gasteiger partial charge in [-0.25, -0.2) is 0 Å². The Balaban J connectivity index is 1.79. The van der Waals surface area contributed by atoms with Crippen molar-refractivity contribution in [2.75, 3.05) is 11.9 Å². The molecule has 0 saturated carbocycles. The first kappa shape index (κ1) is 17.0.